The van der Waals surface area contributed by atoms with E-state index in [-0.39, 0.29) is 5.41 Å². The first-order valence-corrected chi connectivity index (χ1v) is 11.0. The Kier molecular flexibility index (Phi) is 6.54. The summed E-state index contributed by atoms with van der Waals surface area (Å²) in [6.07, 6.45) is 2.86. The van der Waals surface area contributed by atoms with Crippen LogP contribution in [-0.4, -0.2) is 24.4 Å². The lowest BCUT2D eigenvalue weighted by atomic mass is 9.87. The Morgan fingerprint density at radius 1 is 1.11 bits per heavy atom. The van der Waals surface area contributed by atoms with Gasteiger partial charge in [-0.1, -0.05) is 45.0 Å². The van der Waals surface area contributed by atoms with Gasteiger partial charge in [0.15, 0.2) is 5.11 Å². The van der Waals surface area contributed by atoms with Gasteiger partial charge in [-0.15, -0.1) is 0 Å². The summed E-state index contributed by atoms with van der Waals surface area (Å²) in [5, 5.41) is 6.89. The Morgan fingerprint density at radius 2 is 1.70 bits per heavy atom. The monoisotopic (exact) mass is 408 g/mol. The molecule has 0 aliphatic carbocycles. The van der Waals surface area contributed by atoms with Gasteiger partial charge in [0.05, 0.1) is 18.5 Å². The van der Waals surface area contributed by atoms with Crippen LogP contribution in [0.1, 0.15) is 37.6 Å². The standard InChI is InChI=1S/C19H28N4O2S2/c1-19(2,3)15-8-6-14(7-9-15)11-20-18(26)21-12-17-10-16(13-23(17)4)22-27(5,24)25/h6-10,13,22H,11-12H2,1-5H3,(H2,20,21,26). The molecular formula is C19H28N4O2S2. The molecule has 6 nitrogen and oxygen atoms in total. The molecule has 0 unspecified atom stereocenters. The predicted octanol–water partition coefficient (Wildman–Crippen LogP) is 2.86. The first kappa shape index (κ1) is 21.2. The SMILES string of the molecule is Cn1cc(NS(C)(=O)=O)cc1CNC(=S)NCc1ccc(C(C)(C)C)cc1. The zero-order valence-corrected chi connectivity index (χ0v) is 18.1. The zero-order valence-electron chi connectivity index (χ0n) is 16.5. The van der Waals surface area contributed by atoms with Crippen LogP contribution in [0.5, 0.6) is 0 Å². The molecule has 1 heterocycles. The number of hydrogen-bond acceptors (Lipinski definition) is 3. The normalized spacial score (nSPS) is 11.9. The summed E-state index contributed by atoms with van der Waals surface area (Å²) < 4.78 is 27.0. The number of thiocarbonyl (C=S) groups is 1. The Morgan fingerprint density at radius 3 is 2.26 bits per heavy atom. The molecule has 0 amide bonds. The Labute approximate surface area is 167 Å². The number of aryl methyl sites for hydroxylation is 1. The number of nitrogens with one attached hydrogen (secondary N) is 3. The summed E-state index contributed by atoms with van der Waals surface area (Å²) in [5.41, 5.74) is 4.05. The fourth-order valence-corrected chi connectivity index (χ4v) is 3.28. The van der Waals surface area contributed by atoms with Gasteiger partial charge in [-0.3, -0.25) is 4.72 Å². The highest BCUT2D eigenvalue weighted by atomic mass is 32.2. The van der Waals surface area contributed by atoms with E-state index >= 15 is 0 Å². The van der Waals surface area contributed by atoms with Crippen LogP contribution in [0.4, 0.5) is 5.69 Å². The molecular weight excluding hydrogens is 380 g/mol. The molecule has 148 valence electrons. The number of anilines is 1. The molecule has 1 aromatic carbocycles. The van der Waals surface area contributed by atoms with Gasteiger partial charge in [-0.05, 0) is 34.8 Å². The summed E-state index contributed by atoms with van der Waals surface area (Å²) in [4.78, 5) is 0. The lowest BCUT2D eigenvalue weighted by molar-refractivity contribution is 0.590. The molecule has 0 bridgehead atoms. The van der Waals surface area contributed by atoms with E-state index in [1.807, 2.05) is 11.6 Å². The van der Waals surface area contributed by atoms with Gasteiger partial charge in [-0.2, -0.15) is 0 Å². The fraction of sp³-hybridized carbons (Fsp3) is 0.421. The third-order valence-electron chi connectivity index (χ3n) is 4.11. The highest BCUT2D eigenvalue weighted by Crippen LogP contribution is 2.22. The minimum Gasteiger partial charge on any atom is -0.359 e. The van der Waals surface area contributed by atoms with Gasteiger partial charge in [0.2, 0.25) is 10.0 Å². The van der Waals surface area contributed by atoms with E-state index < -0.39 is 10.0 Å². The molecule has 0 fully saturated rings. The minimum absolute atomic E-state index is 0.142. The molecule has 3 N–H and O–H groups in total. The van der Waals surface area contributed by atoms with Gasteiger partial charge in [-0.25, -0.2) is 8.42 Å². The van der Waals surface area contributed by atoms with Crippen LogP contribution in [0.15, 0.2) is 36.5 Å². The summed E-state index contributed by atoms with van der Waals surface area (Å²) >= 11 is 5.33. The van der Waals surface area contributed by atoms with Gasteiger partial charge in [0, 0.05) is 25.5 Å². The first-order chi connectivity index (χ1) is 12.4. The van der Waals surface area contributed by atoms with Crippen molar-refractivity contribution in [3.05, 3.63) is 53.3 Å². The molecule has 0 saturated carbocycles. The summed E-state index contributed by atoms with van der Waals surface area (Å²) in [6, 6.07) is 10.3. The van der Waals surface area contributed by atoms with E-state index in [2.05, 4.69) is 60.4 Å². The Bertz CT molecular complexity index is 895. The predicted molar refractivity (Wildman–Crippen MR) is 115 cm³/mol. The van der Waals surface area contributed by atoms with Gasteiger partial charge in [0.1, 0.15) is 0 Å². The number of benzene rings is 1. The van der Waals surface area contributed by atoms with E-state index in [1.165, 1.54) is 5.56 Å². The van der Waals surface area contributed by atoms with Crippen molar-refractivity contribution in [2.75, 3.05) is 11.0 Å². The van der Waals surface area contributed by atoms with Crippen LogP contribution in [0.2, 0.25) is 0 Å². The lowest BCUT2D eigenvalue weighted by Gasteiger charge is -2.19. The molecule has 1 aromatic heterocycles. The number of aromatic nitrogens is 1. The first-order valence-electron chi connectivity index (χ1n) is 8.68. The second-order valence-corrected chi connectivity index (χ2v) is 9.85. The Balaban J connectivity index is 1.84. The van der Waals surface area contributed by atoms with Crippen molar-refractivity contribution in [2.24, 2.45) is 7.05 Å². The van der Waals surface area contributed by atoms with Crippen molar-refractivity contribution >= 4 is 33.0 Å². The summed E-state index contributed by atoms with van der Waals surface area (Å²) in [6.45, 7) is 7.72. The smallest absolute Gasteiger partial charge is 0.229 e. The topological polar surface area (TPSA) is 75.2 Å². The van der Waals surface area contributed by atoms with E-state index in [0.29, 0.717) is 23.9 Å². The highest BCUT2D eigenvalue weighted by molar-refractivity contribution is 7.92. The lowest BCUT2D eigenvalue weighted by Crippen LogP contribution is -2.34. The molecule has 0 spiro atoms. The van der Waals surface area contributed by atoms with Crippen LogP contribution < -0.4 is 15.4 Å². The van der Waals surface area contributed by atoms with Crippen molar-refractivity contribution < 1.29 is 8.42 Å². The molecule has 8 heteroatoms. The van der Waals surface area contributed by atoms with Crippen molar-refractivity contribution in [2.45, 2.75) is 39.3 Å². The van der Waals surface area contributed by atoms with E-state index in [0.717, 1.165) is 17.5 Å². The molecule has 0 radical (unpaired) electrons. The maximum Gasteiger partial charge on any atom is 0.229 e. The van der Waals surface area contributed by atoms with Crippen LogP contribution in [0.25, 0.3) is 0 Å². The average Bonchev–Trinajstić information content (AvgIpc) is 2.88. The molecule has 0 aliphatic rings. The minimum atomic E-state index is -3.29. The second-order valence-electron chi connectivity index (χ2n) is 7.69. The molecule has 0 atom stereocenters. The number of sulfonamides is 1. The van der Waals surface area contributed by atoms with Crippen LogP contribution in [0.3, 0.4) is 0 Å². The van der Waals surface area contributed by atoms with Gasteiger partial charge < -0.3 is 15.2 Å². The maximum atomic E-state index is 11.3. The summed E-state index contributed by atoms with van der Waals surface area (Å²) in [5.74, 6) is 0. The zero-order chi connectivity index (χ0) is 20.2. The van der Waals surface area contributed by atoms with E-state index in [1.54, 1.807) is 12.3 Å². The Hall–Kier alpha value is -2.06. The number of rotatable bonds is 6. The van der Waals surface area contributed by atoms with Crippen molar-refractivity contribution in [1.82, 2.24) is 15.2 Å². The molecule has 0 aliphatic heterocycles. The quantitative estimate of drug-likeness (QED) is 0.641. The molecule has 2 aromatic rings. The average molecular weight is 409 g/mol. The fourth-order valence-electron chi connectivity index (χ4n) is 2.59. The molecule has 2 rings (SSSR count). The number of hydrogen-bond donors (Lipinski definition) is 3. The van der Waals surface area contributed by atoms with Crippen LogP contribution in [0, 0.1) is 0 Å². The van der Waals surface area contributed by atoms with Crippen molar-refractivity contribution in [3.8, 4) is 0 Å². The molecule has 27 heavy (non-hydrogen) atoms. The van der Waals surface area contributed by atoms with Gasteiger partial charge in [0.25, 0.3) is 0 Å². The van der Waals surface area contributed by atoms with Crippen LogP contribution in [-0.2, 0) is 35.6 Å². The van der Waals surface area contributed by atoms with Gasteiger partial charge >= 0.3 is 0 Å². The van der Waals surface area contributed by atoms with Crippen molar-refractivity contribution in [1.29, 1.82) is 0 Å². The highest BCUT2D eigenvalue weighted by Gasteiger charge is 2.12. The second kappa shape index (κ2) is 8.31. The van der Waals surface area contributed by atoms with Crippen molar-refractivity contribution in [3.63, 3.8) is 0 Å². The third-order valence-corrected chi connectivity index (χ3v) is 5.01. The third kappa shape index (κ3) is 6.88. The summed E-state index contributed by atoms with van der Waals surface area (Å²) in [7, 11) is -1.43. The number of nitrogens with zero attached hydrogens (tertiary/aromatic N) is 1. The van der Waals surface area contributed by atoms with Crippen LogP contribution >= 0.6 is 12.2 Å². The van der Waals surface area contributed by atoms with E-state index in [9.17, 15) is 8.42 Å². The largest absolute Gasteiger partial charge is 0.359 e. The molecule has 0 saturated heterocycles. The van der Waals surface area contributed by atoms with E-state index in [4.69, 9.17) is 12.2 Å². The maximum absolute atomic E-state index is 11.3.